The molecule has 0 spiro atoms. The number of benzene rings is 1. The van der Waals surface area contributed by atoms with Crippen LogP contribution in [0.3, 0.4) is 0 Å². The maximum atomic E-state index is 13.0. The number of ketones is 2. The smallest absolute Gasteiger partial charge is 0.166 e. The molecule has 0 amide bonds. The number of carbonyl (C=O) groups is 2. The molecule has 3 rings (SSSR count). The zero-order valence-electron chi connectivity index (χ0n) is 12.5. The third-order valence-electron chi connectivity index (χ3n) is 5.54. The van der Waals surface area contributed by atoms with Gasteiger partial charge in [0.15, 0.2) is 5.78 Å². The van der Waals surface area contributed by atoms with E-state index < -0.39 is 8.07 Å². The lowest BCUT2D eigenvalue weighted by Crippen LogP contribution is -2.47. The van der Waals surface area contributed by atoms with E-state index in [4.69, 9.17) is 0 Å². The van der Waals surface area contributed by atoms with Crippen molar-refractivity contribution in [2.45, 2.75) is 43.9 Å². The second kappa shape index (κ2) is 4.39. The maximum absolute atomic E-state index is 13.0. The minimum Gasteiger partial charge on any atom is -0.299 e. The first-order valence-electron chi connectivity index (χ1n) is 7.50. The van der Waals surface area contributed by atoms with E-state index in [1.165, 1.54) is 0 Å². The van der Waals surface area contributed by atoms with Crippen molar-refractivity contribution in [3.63, 3.8) is 0 Å². The van der Waals surface area contributed by atoms with Gasteiger partial charge in [-0.3, -0.25) is 9.59 Å². The average molecular weight is 286 g/mol. The van der Waals surface area contributed by atoms with Crippen LogP contribution in [0.15, 0.2) is 30.3 Å². The van der Waals surface area contributed by atoms with E-state index in [9.17, 15) is 9.59 Å². The summed E-state index contributed by atoms with van der Waals surface area (Å²) in [6.45, 7) is 6.76. The second-order valence-electron chi connectivity index (χ2n) is 7.36. The van der Waals surface area contributed by atoms with E-state index in [-0.39, 0.29) is 16.7 Å². The molecule has 0 heterocycles. The van der Waals surface area contributed by atoms with Gasteiger partial charge in [0.1, 0.15) is 5.78 Å². The van der Waals surface area contributed by atoms with Crippen LogP contribution in [0.2, 0.25) is 24.7 Å². The van der Waals surface area contributed by atoms with Crippen LogP contribution < -0.4 is 0 Å². The molecule has 2 fully saturated rings. The standard InChI is InChI=1S/C17H22O2Si/c1-20(2,3)17-10-9-13(11-14(17)18)15(17)16(19)12-7-5-4-6-8-12/h4-8,13,15H,9-11H2,1-3H3/t13-,15?,17-/m1/s1. The average Bonchev–Trinajstić information content (AvgIpc) is 2.91. The predicted molar refractivity (Wildman–Crippen MR) is 82.6 cm³/mol. The summed E-state index contributed by atoms with van der Waals surface area (Å²) >= 11 is 0. The van der Waals surface area contributed by atoms with Gasteiger partial charge < -0.3 is 0 Å². The van der Waals surface area contributed by atoms with Crippen LogP contribution in [-0.4, -0.2) is 19.6 Å². The Kier molecular flexibility index (Phi) is 3.01. The van der Waals surface area contributed by atoms with Gasteiger partial charge in [-0.05, 0) is 18.8 Å². The van der Waals surface area contributed by atoms with Crippen LogP contribution in [0.1, 0.15) is 29.6 Å². The zero-order chi connectivity index (χ0) is 14.5. The molecule has 0 radical (unpaired) electrons. The Morgan fingerprint density at radius 1 is 1.20 bits per heavy atom. The van der Waals surface area contributed by atoms with Crippen molar-refractivity contribution in [1.29, 1.82) is 0 Å². The van der Waals surface area contributed by atoms with Gasteiger partial charge >= 0.3 is 0 Å². The van der Waals surface area contributed by atoms with Crippen molar-refractivity contribution >= 4 is 19.6 Å². The lowest BCUT2D eigenvalue weighted by Gasteiger charge is -2.40. The fraction of sp³-hybridized carbons (Fsp3) is 0.529. The predicted octanol–water partition coefficient (Wildman–Crippen LogP) is 3.95. The molecule has 20 heavy (non-hydrogen) atoms. The summed E-state index contributed by atoms with van der Waals surface area (Å²) in [6.07, 6.45) is 2.63. The van der Waals surface area contributed by atoms with Gasteiger partial charge in [0.2, 0.25) is 0 Å². The highest BCUT2D eigenvalue weighted by Crippen LogP contribution is 2.66. The molecule has 2 aliphatic rings. The topological polar surface area (TPSA) is 34.1 Å². The molecule has 3 heteroatoms. The number of fused-ring (bicyclic) bond motifs is 2. The summed E-state index contributed by atoms with van der Waals surface area (Å²) < 4.78 is 0. The van der Waals surface area contributed by atoms with Gasteiger partial charge in [0.25, 0.3) is 0 Å². The first-order chi connectivity index (χ1) is 9.38. The first-order valence-corrected chi connectivity index (χ1v) is 11.0. The molecule has 2 bridgehead atoms. The highest BCUT2D eigenvalue weighted by Gasteiger charge is 2.66. The maximum Gasteiger partial charge on any atom is 0.166 e. The number of Topliss-reactive ketones (excluding diaryl/α,β-unsaturated/α-hetero) is 2. The molecule has 0 aliphatic heterocycles. The van der Waals surface area contributed by atoms with E-state index in [1.807, 2.05) is 30.3 Å². The van der Waals surface area contributed by atoms with E-state index in [1.54, 1.807) is 0 Å². The summed E-state index contributed by atoms with van der Waals surface area (Å²) in [7, 11) is -1.72. The highest BCUT2D eigenvalue weighted by molar-refractivity contribution is 6.83. The van der Waals surface area contributed by atoms with Gasteiger partial charge in [0, 0.05) is 22.9 Å². The van der Waals surface area contributed by atoms with E-state index in [2.05, 4.69) is 19.6 Å². The van der Waals surface area contributed by atoms with Crippen LogP contribution in [0.5, 0.6) is 0 Å². The molecular formula is C17H22O2Si. The Morgan fingerprint density at radius 2 is 1.85 bits per heavy atom. The quantitative estimate of drug-likeness (QED) is 0.623. The molecule has 2 nitrogen and oxygen atoms in total. The number of rotatable bonds is 3. The van der Waals surface area contributed by atoms with Crippen LogP contribution in [0.25, 0.3) is 0 Å². The van der Waals surface area contributed by atoms with Gasteiger partial charge in [-0.2, -0.15) is 0 Å². The van der Waals surface area contributed by atoms with Crippen LogP contribution in [0, 0.1) is 11.8 Å². The third kappa shape index (κ3) is 1.69. The van der Waals surface area contributed by atoms with Gasteiger partial charge in [-0.15, -0.1) is 0 Å². The molecule has 2 aliphatic carbocycles. The lowest BCUT2D eigenvalue weighted by molar-refractivity contribution is -0.121. The number of carbonyl (C=O) groups excluding carboxylic acids is 2. The third-order valence-corrected chi connectivity index (χ3v) is 9.05. The van der Waals surface area contributed by atoms with Crippen molar-refractivity contribution in [2.24, 2.45) is 11.8 Å². The van der Waals surface area contributed by atoms with Gasteiger partial charge in [0.05, 0.1) is 8.07 Å². The monoisotopic (exact) mass is 286 g/mol. The molecule has 1 aromatic rings. The normalized spacial score (nSPS) is 32.6. The van der Waals surface area contributed by atoms with Crippen LogP contribution >= 0.6 is 0 Å². The Hall–Kier alpha value is -1.22. The van der Waals surface area contributed by atoms with Crippen LogP contribution in [0.4, 0.5) is 0 Å². The Morgan fingerprint density at radius 3 is 2.40 bits per heavy atom. The zero-order valence-corrected chi connectivity index (χ0v) is 13.5. The summed E-state index contributed by atoms with van der Waals surface area (Å²) in [6, 6.07) is 9.53. The lowest BCUT2D eigenvalue weighted by atomic mass is 9.88. The Labute approximate surface area is 121 Å². The molecule has 3 atom stereocenters. The molecule has 1 aromatic carbocycles. The summed E-state index contributed by atoms with van der Waals surface area (Å²) in [5.41, 5.74) is 0.779. The van der Waals surface area contributed by atoms with Crippen molar-refractivity contribution < 1.29 is 9.59 Å². The first kappa shape index (κ1) is 13.7. The molecular weight excluding hydrogens is 264 g/mol. The second-order valence-corrected chi connectivity index (χ2v) is 12.7. The van der Waals surface area contributed by atoms with Gasteiger partial charge in [-0.25, -0.2) is 0 Å². The van der Waals surface area contributed by atoms with Gasteiger partial charge in [-0.1, -0.05) is 50.0 Å². The summed E-state index contributed by atoms with van der Waals surface area (Å²) in [4.78, 5) is 25.6. The largest absolute Gasteiger partial charge is 0.299 e. The van der Waals surface area contributed by atoms with E-state index in [0.29, 0.717) is 18.1 Å². The SMILES string of the molecule is C[Si](C)(C)[C@]12CC[C@H](CC1=O)C2C(=O)c1ccccc1. The minimum atomic E-state index is -1.72. The number of hydrogen-bond acceptors (Lipinski definition) is 2. The molecule has 106 valence electrons. The molecule has 1 unspecified atom stereocenters. The summed E-state index contributed by atoms with van der Waals surface area (Å²) in [5, 5.41) is -0.301. The molecule has 0 aromatic heterocycles. The highest BCUT2D eigenvalue weighted by atomic mass is 28.3. The Balaban J connectivity index is 2.05. The van der Waals surface area contributed by atoms with Crippen molar-refractivity contribution in [2.75, 3.05) is 0 Å². The molecule has 0 saturated heterocycles. The number of hydrogen-bond donors (Lipinski definition) is 0. The molecule has 2 saturated carbocycles. The van der Waals surface area contributed by atoms with Crippen molar-refractivity contribution in [1.82, 2.24) is 0 Å². The fourth-order valence-electron chi connectivity index (χ4n) is 4.57. The summed E-state index contributed by atoms with van der Waals surface area (Å²) in [5.74, 6) is 0.828. The van der Waals surface area contributed by atoms with E-state index >= 15 is 0 Å². The van der Waals surface area contributed by atoms with Crippen molar-refractivity contribution in [3.8, 4) is 0 Å². The van der Waals surface area contributed by atoms with Crippen molar-refractivity contribution in [3.05, 3.63) is 35.9 Å². The Bertz CT molecular complexity index is 558. The minimum absolute atomic E-state index is 0.0518. The molecule has 0 N–H and O–H groups in total. The van der Waals surface area contributed by atoms with Crippen LogP contribution in [-0.2, 0) is 4.79 Å². The van der Waals surface area contributed by atoms with E-state index in [0.717, 1.165) is 18.4 Å². The fourth-order valence-corrected chi connectivity index (χ4v) is 7.70.